The molecule has 0 unspecified atom stereocenters. The number of ketones is 1. The van der Waals surface area contributed by atoms with Gasteiger partial charge in [0.1, 0.15) is 13.2 Å². The van der Waals surface area contributed by atoms with E-state index in [0.29, 0.717) is 30.3 Å². The van der Waals surface area contributed by atoms with Crippen LogP contribution in [0, 0.1) is 6.92 Å². The van der Waals surface area contributed by atoms with Crippen LogP contribution in [-0.2, 0) is 9.53 Å². The number of hydrogen-bond acceptors (Lipinski definition) is 5. The van der Waals surface area contributed by atoms with Crippen LogP contribution < -0.4 is 9.47 Å². The van der Waals surface area contributed by atoms with Gasteiger partial charge in [0.15, 0.2) is 11.5 Å². The molecule has 0 saturated heterocycles. The number of ether oxygens (including phenoxy) is 3. The lowest BCUT2D eigenvalue weighted by molar-refractivity contribution is -0.135. The van der Waals surface area contributed by atoms with E-state index in [1.165, 1.54) is 13.2 Å². The van der Waals surface area contributed by atoms with Gasteiger partial charge in [-0.25, -0.2) is 4.79 Å². The maximum absolute atomic E-state index is 11.7. The lowest BCUT2D eigenvalue weighted by Crippen LogP contribution is -2.19. The monoisotopic (exact) mass is 236 g/mol. The van der Waals surface area contributed by atoms with Crippen LogP contribution in [-0.4, -0.2) is 32.1 Å². The van der Waals surface area contributed by atoms with Crippen LogP contribution in [0.3, 0.4) is 0 Å². The standard InChI is InChI=1S/C12H12O5/c1-7-5-9-10(17-4-3-16-9)6-8(7)11(13)12(14)15-2/h5-6H,3-4H2,1-2H3. The Morgan fingerprint density at radius 1 is 1.18 bits per heavy atom. The third-order valence-corrected chi connectivity index (χ3v) is 2.50. The molecule has 0 aromatic heterocycles. The first-order valence-electron chi connectivity index (χ1n) is 5.16. The fourth-order valence-electron chi connectivity index (χ4n) is 1.64. The quantitative estimate of drug-likeness (QED) is 0.437. The molecule has 2 rings (SSSR count). The first kappa shape index (κ1) is 11.4. The predicted octanol–water partition coefficient (Wildman–Crippen LogP) is 1.12. The third-order valence-electron chi connectivity index (χ3n) is 2.50. The number of methoxy groups -OCH3 is 1. The molecule has 0 atom stereocenters. The Morgan fingerprint density at radius 3 is 2.35 bits per heavy atom. The molecule has 0 spiro atoms. The van der Waals surface area contributed by atoms with Crippen molar-refractivity contribution >= 4 is 11.8 Å². The summed E-state index contributed by atoms with van der Waals surface area (Å²) in [4.78, 5) is 22.9. The van der Waals surface area contributed by atoms with Gasteiger partial charge in [0.05, 0.1) is 7.11 Å². The summed E-state index contributed by atoms with van der Waals surface area (Å²) in [6, 6.07) is 3.20. The first-order chi connectivity index (χ1) is 8.13. The van der Waals surface area contributed by atoms with Gasteiger partial charge in [0.2, 0.25) is 0 Å². The zero-order valence-electron chi connectivity index (χ0n) is 9.61. The minimum Gasteiger partial charge on any atom is -0.486 e. The maximum atomic E-state index is 11.7. The van der Waals surface area contributed by atoms with Crippen LogP contribution in [0.4, 0.5) is 0 Å². The van der Waals surface area contributed by atoms with Gasteiger partial charge in [-0.3, -0.25) is 4.79 Å². The second-order valence-corrected chi connectivity index (χ2v) is 3.63. The number of rotatable bonds is 2. The van der Waals surface area contributed by atoms with E-state index in [4.69, 9.17) is 9.47 Å². The second-order valence-electron chi connectivity index (χ2n) is 3.63. The van der Waals surface area contributed by atoms with Crippen molar-refractivity contribution in [2.45, 2.75) is 6.92 Å². The molecule has 1 aromatic carbocycles. The van der Waals surface area contributed by atoms with Crippen molar-refractivity contribution in [3.05, 3.63) is 23.3 Å². The summed E-state index contributed by atoms with van der Waals surface area (Å²) >= 11 is 0. The van der Waals surface area contributed by atoms with Crippen molar-refractivity contribution in [2.24, 2.45) is 0 Å². The molecular weight excluding hydrogens is 224 g/mol. The molecule has 1 aliphatic heterocycles. The molecule has 1 aliphatic rings. The van der Waals surface area contributed by atoms with Crippen molar-refractivity contribution in [1.29, 1.82) is 0 Å². The number of esters is 1. The summed E-state index contributed by atoms with van der Waals surface area (Å²) in [7, 11) is 1.17. The van der Waals surface area contributed by atoms with E-state index in [0.717, 1.165) is 0 Å². The second kappa shape index (κ2) is 4.45. The molecule has 0 aliphatic carbocycles. The van der Waals surface area contributed by atoms with Crippen LogP contribution in [0.5, 0.6) is 11.5 Å². The first-order valence-corrected chi connectivity index (χ1v) is 5.16. The van der Waals surface area contributed by atoms with Crippen molar-refractivity contribution in [3.63, 3.8) is 0 Å². The molecule has 0 fully saturated rings. The van der Waals surface area contributed by atoms with Gasteiger partial charge < -0.3 is 14.2 Å². The molecule has 0 saturated carbocycles. The number of benzene rings is 1. The average Bonchev–Trinajstić information content (AvgIpc) is 2.36. The van der Waals surface area contributed by atoms with Crippen LogP contribution in [0.15, 0.2) is 12.1 Å². The smallest absolute Gasteiger partial charge is 0.379 e. The number of aryl methyl sites for hydroxylation is 1. The Balaban J connectivity index is 2.41. The summed E-state index contributed by atoms with van der Waals surface area (Å²) in [5, 5.41) is 0. The summed E-state index contributed by atoms with van der Waals surface area (Å²) in [5.41, 5.74) is 0.936. The molecule has 1 heterocycles. The summed E-state index contributed by atoms with van der Waals surface area (Å²) in [5.74, 6) is -0.490. The maximum Gasteiger partial charge on any atom is 0.379 e. The molecule has 5 nitrogen and oxygen atoms in total. The average molecular weight is 236 g/mol. The van der Waals surface area contributed by atoms with Crippen molar-refractivity contribution in [3.8, 4) is 11.5 Å². The van der Waals surface area contributed by atoms with Crippen molar-refractivity contribution < 1.29 is 23.8 Å². The highest BCUT2D eigenvalue weighted by atomic mass is 16.6. The fourth-order valence-corrected chi connectivity index (χ4v) is 1.64. The number of Topliss-reactive ketones (excluding diaryl/α,β-unsaturated/α-hetero) is 1. The van der Waals surface area contributed by atoms with Crippen LogP contribution in [0.2, 0.25) is 0 Å². The SMILES string of the molecule is COC(=O)C(=O)c1cc2c(cc1C)OCCO2. The molecule has 1 aromatic rings. The van der Waals surface area contributed by atoms with Crippen LogP contribution in [0.1, 0.15) is 15.9 Å². The highest BCUT2D eigenvalue weighted by Crippen LogP contribution is 2.33. The molecular formula is C12H12O5. The molecule has 90 valence electrons. The number of carbonyl (C=O) groups is 2. The van der Waals surface area contributed by atoms with E-state index in [1.807, 2.05) is 0 Å². The van der Waals surface area contributed by atoms with E-state index in [1.54, 1.807) is 13.0 Å². The van der Waals surface area contributed by atoms with E-state index in [2.05, 4.69) is 4.74 Å². The molecule has 0 bridgehead atoms. The molecule has 5 heteroatoms. The minimum absolute atomic E-state index is 0.279. The largest absolute Gasteiger partial charge is 0.486 e. The van der Waals surface area contributed by atoms with Gasteiger partial charge in [-0.1, -0.05) is 0 Å². The van der Waals surface area contributed by atoms with E-state index < -0.39 is 11.8 Å². The number of hydrogen-bond donors (Lipinski definition) is 0. The topological polar surface area (TPSA) is 61.8 Å². The Kier molecular flexibility index (Phi) is 2.99. The van der Waals surface area contributed by atoms with Gasteiger partial charge in [0, 0.05) is 5.56 Å². The van der Waals surface area contributed by atoms with E-state index in [9.17, 15) is 9.59 Å². The Labute approximate surface area is 98.3 Å². The molecule has 0 N–H and O–H groups in total. The predicted molar refractivity (Wildman–Crippen MR) is 58.5 cm³/mol. The Morgan fingerprint density at radius 2 is 1.76 bits per heavy atom. The Hall–Kier alpha value is -2.04. The van der Waals surface area contributed by atoms with Gasteiger partial charge in [-0.05, 0) is 24.6 Å². The number of carbonyl (C=O) groups excluding carboxylic acids is 2. The summed E-state index contributed by atoms with van der Waals surface area (Å²) in [6.07, 6.45) is 0. The lowest BCUT2D eigenvalue weighted by Gasteiger charge is -2.19. The van der Waals surface area contributed by atoms with Crippen molar-refractivity contribution in [2.75, 3.05) is 20.3 Å². The van der Waals surface area contributed by atoms with Gasteiger partial charge in [0.25, 0.3) is 5.78 Å². The van der Waals surface area contributed by atoms with Crippen molar-refractivity contribution in [1.82, 2.24) is 0 Å². The fraction of sp³-hybridized carbons (Fsp3) is 0.333. The number of fused-ring (bicyclic) bond motifs is 1. The molecule has 17 heavy (non-hydrogen) atoms. The Bertz CT molecular complexity index is 478. The lowest BCUT2D eigenvalue weighted by atomic mass is 10.0. The molecule has 0 amide bonds. The normalized spacial score (nSPS) is 13.1. The summed E-state index contributed by atoms with van der Waals surface area (Å²) < 4.78 is 15.1. The molecule has 0 radical (unpaired) electrons. The van der Waals surface area contributed by atoms with Gasteiger partial charge in [-0.15, -0.1) is 0 Å². The summed E-state index contributed by atoms with van der Waals surface area (Å²) in [6.45, 7) is 2.65. The van der Waals surface area contributed by atoms with Gasteiger partial charge >= 0.3 is 5.97 Å². The van der Waals surface area contributed by atoms with Crippen LogP contribution in [0.25, 0.3) is 0 Å². The van der Waals surface area contributed by atoms with Crippen LogP contribution >= 0.6 is 0 Å². The minimum atomic E-state index is -0.884. The van der Waals surface area contributed by atoms with Gasteiger partial charge in [-0.2, -0.15) is 0 Å². The highest BCUT2D eigenvalue weighted by molar-refractivity contribution is 6.41. The zero-order valence-corrected chi connectivity index (χ0v) is 9.61. The van der Waals surface area contributed by atoms with E-state index in [-0.39, 0.29) is 5.56 Å². The zero-order chi connectivity index (χ0) is 12.4. The van der Waals surface area contributed by atoms with E-state index >= 15 is 0 Å². The third kappa shape index (κ3) is 2.08. The highest BCUT2D eigenvalue weighted by Gasteiger charge is 2.22.